The molecule has 86 valence electrons. The Kier molecular flexibility index (Phi) is 6.22. The van der Waals surface area contributed by atoms with E-state index in [-0.39, 0.29) is 0 Å². The van der Waals surface area contributed by atoms with Crippen LogP contribution in [-0.4, -0.2) is 18.3 Å². The smallest absolute Gasteiger partial charge is 0.193 e. The Morgan fingerprint density at radius 2 is 2.33 bits per heavy atom. The van der Waals surface area contributed by atoms with Gasteiger partial charge in [0, 0.05) is 6.04 Å². The number of halogens is 1. The van der Waals surface area contributed by atoms with E-state index in [0.717, 1.165) is 23.8 Å². The zero-order valence-electron chi connectivity index (χ0n) is 9.25. The molecule has 0 saturated heterocycles. The summed E-state index contributed by atoms with van der Waals surface area (Å²) in [7, 11) is 0. The van der Waals surface area contributed by atoms with Crippen LogP contribution in [-0.2, 0) is 5.75 Å². The molecule has 1 aromatic rings. The first-order chi connectivity index (χ1) is 7.22. The second-order valence-corrected chi connectivity index (χ2v) is 4.98. The zero-order valence-corrected chi connectivity index (χ0v) is 10.8. The average Bonchev–Trinajstić information content (AvgIpc) is 2.60. The minimum atomic E-state index is 0.478. The van der Waals surface area contributed by atoms with E-state index in [9.17, 15) is 0 Å². The van der Waals surface area contributed by atoms with Crippen LogP contribution in [0.1, 0.15) is 26.0 Å². The maximum Gasteiger partial charge on any atom is 0.193 e. The molecule has 1 aromatic heterocycles. The van der Waals surface area contributed by atoms with Crippen molar-refractivity contribution in [1.82, 2.24) is 5.32 Å². The Hall–Kier alpha value is -0.120. The van der Waals surface area contributed by atoms with E-state index >= 15 is 0 Å². The van der Waals surface area contributed by atoms with Gasteiger partial charge in [-0.2, -0.15) is 11.8 Å². The predicted molar refractivity (Wildman–Crippen MR) is 67.6 cm³/mol. The van der Waals surface area contributed by atoms with Gasteiger partial charge in [-0.15, -0.1) is 0 Å². The molecule has 2 nitrogen and oxygen atoms in total. The highest BCUT2D eigenvalue weighted by Gasteiger charge is 2.02. The van der Waals surface area contributed by atoms with Gasteiger partial charge in [-0.1, -0.05) is 6.92 Å². The zero-order chi connectivity index (χ0) is 11.1. The van der Waals surface area contributed by atoms with E-state index in [2.05, 4.69) is 19.2 Å². The summed E-state index contributed by atoms with van der Waals surface area (Å²) in [6, 6.07) is 4.32. The highest BCUT2D eigenvalue weighted by atomic mass is 35.5. The van der Waals surface area contributed by atoms with Crippen LogP contribution >= 0.6 is 23.4 Å². The van der Waals surface area contributed by atoms with Crippen LogP contribution in [0.25, 0.3) is 0 Å². The molecule has 0 saturated carbocycles. The van der Waals surface area contributed by atoms with Gasteiger partial charge in [0.25, 0.3) is 0 Å². The molecule has 0 bridgehead atoms. The number of rotatable bonds is 7. The Labute approximate surface area is 101 Å². The third-order valence-electron chi connectivity index (χ3n) is 2.12. The average molecular weight is 248 g/mol. The lowest BCUT2D eigenvalue weighted by Gasteiger charge is -2.10. The summed E-state index contributed by atoms with van der Waals surface area (Å²) in [5, 5.41) is 3.87. The van der Waals surface area contributed by atoms with Gasteiger partial charge in [0.1, 0.15) is 5.76 Å². The molecule has 15 heavy (non-hydrogen) atoms. The topological polar surface area (TPSA) is 25.2 Å². The van der Waals surface area contributed by atoms with Gasteiger partial charge >= 0.3 is 0 Å². The van der Waals surface area contributed by atoms with Crippen molar-refractivity contribution in [3.8, 4) is 0 Å². The number of thioether (sulfide) groups is 1. The highest BCUT2D eigenvalue weighted by molar-refractivity contribution is 7.98. The second kappa shape index (κ2) is 7.20. The second-order valence-electron chi connectivity index (χ2n) is 3.51. The van der Waals surface area contributed by atoms with Crippen molar-refractivity contribution in [2.75, 3.05) is 12.3 Å². The minimum Gasteiger partial charge on any atom is -0.449 e. The Balaban J connectivity index is 2.06. The molecule has 1 unspecified atom stereocenters. The summed E-state index contributed by atoms with van der Waals surface area (Å²) < 4.78 is 5.27. The van der Waals surface area contributed by atoms with Crippen molar-refractivity contribution in [3.63, 3.8) is 0 Å². The quantitative estimate of drug-likeness (QED) is 0.746. The first kappa shape index (κ1) is 12.9. The molecule has 1 heterocycles. The Morgan fingerprint density at radius 3 is 2.93 bits per heavy atom. The SMILES string of the molecule is CCNC(C)CCSCc1ccc(Cl)o1. The van der Waals surface area contributed by atoms with Crippen LogP contribution in [0, 0.1) is 0 Å². The molecule has 0 aliphatic rings. The van der Waals surface area contributed by atoms with Crippen molar-refractivity contribution in [2.45, 2.75) is 32.1 Å². The van der Waals surface area contributed by atoms with E-state index in [0.29, 0.717) is 11.3 Å². The van der Waals surface area contributed by atoms with Gasteiger partial charge < -0.3 is 9.73 Å². The lowest BCUT2D eigenvalue weighted by Crippen LogP contribution is -2.25. The van der Waals surface area contributed by atoms with Gasteiger partial charge in [-0.05, 0) is 49.4 Å². The van der Waals surface area contributed by atoms with Crippen molar-refractivity contribution >= 4 is 23.4 Å². The molecule has 1 atom stereocenters. The summed E-state index contributed by atoms with van der Waals surface area (Å²) in [6.07, 6.45) is 1.19. The summed E-state index contributed by atoms with van der Waals surface area (Å²) in [6.45, 7) is 5.39. The van der Waals surface area contributed by atoms with Crippen molar-refractivity contribution in [1.29, 1.82) is 0 Å². The number of furan rings is 1. The molecule has 0 fully saturated rings. The fraction of sp³-hybridized carbons (Fsp3) is 0.636. The maximum atomic E-state index is 5.68. The Bertz CT molecular complexity index is 277. The maximum absolute atomic E-state index is 5.68. The largest absolute Gasteiger partial charge is 0.449 e. The van der Waals surface area contributed by atoms with E-state index in [1.165, 1.54) is 6.42 Å². The Morgan fingerprint density at radius 1 is 1.53 bits per heavy atom. The van der Waals surface area contributed by atoms with Crippen LogP contribution in [0.3, 0.4) is 0 Å². The summed E-state index contributed by atoms with van der Waals surface area (Å²) in [4.78, 5) is 0. The van der Waals surface area contributed by atoms with Crippen LogP contribution < -0.4 is 5.32 Å². The molecule has 1 rings (SSSR count). The van der Waals surface area contributed by atoms with Gasteiger partial charge in [-0.3, -0.25) is 0 Å². The summed E-state index contributed by atoms with van der Waals surface area (Å²) >= 11 is 7.56. The van der Waals surface area contributed by atoms with Crippen LogP contribution in [0.5, 0.6) is 0 Å². The lowest BCUT2D eigenvalue weighted by atomic mass is 10.3. The third-order valence-corrected chi connectivity index (χ3v) is 3.34. The van der Waals surface area contributed by atoms with Crippen molar-refractivity contribution in [2.24, 2.45) is 0 Å². The lowest BCUT2D eigenvalue weighted by molar-refractivity contribution is 0.531. The molecule has 1 N–H and O–H groups in total. The third kappa shape index (κ3) is 5.50. The minimum absolute atomic E-state index is 0.478. The van der Waals surface area contributed by atoms with Crippen LogP contribution in [0.2, 0.25) is 5.22 Å². The molecule has 4 heteroatoms. The molecule has 0 amide bonds. The normalized spacial score (nSPS) is 13.0. The number of nitrogens with one attached hydrogen (secondary N) is 1. The molecular weight excluding hydrogens is 230 g/mol. The molecule has 0 spiro atoms. The van der Waals surface area contributed by atoms with Gasteiger partial charge in [-0.25, -0.2) is 0 Å². The first-order valence-electron chi connectivity index (χ1n) is 5.27. The predicted octanol–water partition coefficient (Wildman–Crippen LogP) is 3.55. The molecule has 0 aliphatic carbocycles. The fourth-order valence-electron chi connectivity index (χ4n) is 1.31. The molecule has 0 radical (unpaired) electrons. The highest BCUT2D eigenvalue weighted by Crippen LogP contribution is 2.19. The molecule has 0 aromatic carbocycles. The van der Waals surface area contributed by atoms with E-state index < -0.39 is 0 Å². The van der Waals surface area contributed by atoms with E-state index in [4.69, 9.17) is 16.0 Å². The van der Waals surface area contributed by atoms with Crippen molar-refractivity contribution in [3.05, 3.63) is 23.1 Å². The van der Waals surface area contributed by atoms with Gasteiger partial charge in [0.15, 0.2) is 5.22 Å². The molecule has 0 aliphatic heterocycles. The van der Waals surface area contributed by atoms with Gasteiger partial charge in [0.2, 0.25) is 0 Å². The van der Waals surface area contributed by atoms with Crippen LogP contribution in [0.15, 0.2) is 16.5 Å². The van der Waals surface area contributed by atoms with Gasteiger partial charge in [0.05, 0.1) is 5.75 Å². The van der Waals surface area contributed by atoms with Crippen LogP contribution in [0.4, 0.5) is 0 Å². The van der Waals surface area contributed by atoms with E-state index in [1.807, 2.05) is 17.8 Å². The van der Waals surface area contributed by atoms with E-state index in [1.54, 1.807) is 6.07 Å². The first-order valence-corrected chi connectivity index (χ1v) is 6.81. The monoisotopic (exact) mass is 247 g/mol. The standard InChI is InChI=1S/C11H18ClNOS/c1-3-13-9(2)6-7-15-8-10-4-5-11(12)14-10/h4-5,9,13H,3,6-8H2,1-2H3. The van der Waals surface area contributed by atoms with Crippen molar-refractivity contribution < 1.29 is 4.42 Å². The fourth-order valence-corrected chi connectivity index (χ4v) is 2.50. The molecular formula is C11H18ClNOS. The number of hydrogen-bond donors (Lipinski definition) is 1. The summed E-state index contributed by atoms with van der Waals surface area (Å²) in [5.74, 6) is 3.01. The summed E-state index contributed by atoms with van der Waals surface area (Å²) in [5.41, 5.74) is 0. The number of hydrogen-bond acceptors (Lipinski definition) is 3.